The molecule has 2 N–H and O–H groups in total. The molecule has 2 aromatic rings. The molecule has 0 saturated carbocycles. The van der Waals surface area contributed by atoms with E-state index in [4.69, 9.17) is 22.1 Å². The number of halogens is 1. The number of benzene rings is 1. The summed E-state index contributed by atoms with van der Waals surface area (Å²) >= 11 is 7.73. The molecule has 1 heterocycles. The Balaban J connectivity index is 2.00. The summed E-state index contributed by atoms with van der Waals surface area (Å²) < 4.78 is 5.70. The SMILES string of the molecule is Cc1ccc(OCc2cc(C#CCN)cs2)c(Cl)c1. The average Bonchev–Trinajstić information content (AvgIpc) is 2.83. The third kappa shape index (κ3) is 4.00. The predicted octanol–water partition coefficient (Wildman–Crippen LogP) is 3.60. The summed E-state index contributed by atoms with van der Waals surface area (Å²) in [7, 11) is 0. The Hall–Kier alpha value is -1.47. The minimum Gasteiger partial charge on any atom is -0.487 e. The minimum absolute atomic E-state index is 0.376. The van der Waals surface area contributed by atoms with E-state index in [0.29, 0.717) is 23.9 Å². The molecule has 0 aliphatic rings. The van der Waals surface area contributed by atoms with E-state index in [1.165, 1.54) is 0 Å². The monoisotopic (exact) mass is 291 g/mol. The lowest BCUT2D eigenvalue weighted by molar-refractivity contribution is 0.310. The molecule has 2 rings (SSSR count). The molecule has 0 aliphatic heterocycles. The van der Waals surface area contributed by atoms with E-state index in [1.807, 2.05) is 36.6 Å². The molecule has 2 nitrogen and oxygen atoms in total. The van der Waals surface area contributed by atoms with Crippen LogP contribution in [0, 0.1) is 18.8 Å². The van der Waals surface area contributed by atoms with Crippen molar-refractivity contribution in [2.45, 2.75) is 13.5 Å². The highest BCUT2D eigenvalue weighted by Crippen LogP contribution is 2.26. The molecule has 0 aliphatic carbocycles. The number of nitrogens with two attached hydrogens (primary N) is 1. The number of aryl methyl sites for hydroxylation is 1. The Labute approximate surface area is 122 Å². The van der Waals surface area contributed by atoms with Crippen LogP contribution in [0.4, 0.5) is 0 Å². The standard InChI is InChI=1S/C15H14ClNOS/c1-11-4-5-15(14(16)7-11)18-9-13-8-12(10-19-13)3-2-6-17/h4-5,7-8,10H,6,9,17H2,1H3. The number of rotatable bonds is 3. The first-order valence-electron chi connectivity index (χ1n) is 5.84. The van der Waals surface area contributed by atoms with Gasteiger partial charge in [0.05, 0.1) is 11.6 Å². The smallest absolute Gasteiger partial charge is 0.138 e. The van der Waals surface area contributed by atoms with Crippen molar-refractivity contribution in [3.05, 3.63) is 50.7 Å². The quantitative estimate of drug-likeness (QED) is 0.877. The lowest BCUT2D eigenvalue weighted by Gasteiger charge is -2.07. The topological polar surface area (TPSA) is 35.2 Å². The second kappa shape index (κ2) is 6.63. The molecule has 0 spiro atoms. The highest BCUT2D eigenvalue weighted by atomic mass is 35.5. The summed E-state index contributed by atoms with van der Waals surface area (Å²) in [6, 6.07) is 7.77. The lowest BCUT2D eigenvalue weighted by atomic mass is 10.2. The predicted molar refractivity (Wildman–Crippen MR) is 80.8 cm³/mol. The zero-order chi connectivity index (χ0) is 13.7. The molecule has 1 aromatic carbocycles. The molecule has 0 amide bonds. The largest absolute Gasteiger partial charge is 0.487 e. The minimum atomic E-state index is 0.376. The lowest BCUT2D eigenvalue weighted by Crippen LogP contribution is -1.94. The van der Waals surface area contributed by atoms with Gasteiger partial charge in [0.2, 0.25) is 0 Å². The van der Waals surface area contributed by atoms with Gasteiger partial charge in [0.15, 0.2) is 0 Å². The van der Waals surface area contributed by atoms with Crippen molar-refractivity contribution < 1.29 is 4.74 Å². The molecular weight excluding hydrogens is 278 g/mol. The molecule has 0 radical (unpaired) electrons. The molecule has 0 unspecified atom stereocenters. The number of hydrogen-bond donors (Lipinski definition) is 1. The third-order valence-electron chi connectivity index (χ3n) is 2.45. The van der Waals surface area contributed by atoms with Crippen LogP contribution in [0.5, 0.6) is 5.75 Å². The van der Waals surface area contributed by atoms with E-state index in [0.717, 1.165) is 16.0 Å². The van der Waals surface area contributed by atoms with Crippen LogP contribution in [0.2, 0.25) is 5.02 Å². The van der Waals surface area contributed by atoms with Crippen molar-refractivity contribution in [3.8, 4) is 17.6 Å². The summed E-state index contributed by atoms with van der Waals surface area (Å²) in [5.74, 6) is 6.53. The van der Waals surface area contributed by atoms with Crippen LogP contribution in [-0.4, -0.2) is 6.54 Å². The first-order valence-corrected chi connectivity index (χ1v) is 7.10. The summed E-state index contributed by atoms with van der Waals surface area (Å²) in [4.78, 5) is 1.11. The van der Waals surface area contributed by atoms with E-state index in [1.54, 1.807) is 11.3 Å². The maximum atomic E-state index is 6.11. The van der Waals surface area contributed by atoms with Gasteiger partial charge in [-0.05, 0) is 30.7 Å². The van der Waals surface area contributed by atoms with Crippen molar-refractivity contribution in [2.24, 2.45) is 5.73 Å². The Kier molecular flexibility index (Phi) is 4.86. The molecular formula is C15H14ClNOS. The summed E-state index contributed by atoms with van der Waals surface area (Å²) in [5, 5.41) is 2.64. The Morgan fingerprint density at radius 2 is 2.21 bits per heavy atom. The van der Waals surface area contributed by atoms with Gasteiger partial charge >= 0.3 is 0 Å². The fraction of sp³-hybridized carbons (Fsp3) is 0.200. The number of hydrogen-bond acceptors (Lipinski definition) is 3. The molecule has 1 aromatic heterocycles. The zero-order valence-electron chi connectivity index (χ0n) is 10.6. The highest BCUT2D eigenvalue weighted by Gasteiger charge is 2.03. The van der Waals surface area contributed by atoms with Crippen LogP contribution in [0.25, 0.3) is 0 Å². The number of ether oxygens (including phenoxy) is 1. The molecule has 0 atom stereocenters. The maximum Gasteiger partial charge on any atom is 0.138 e. The van der Waals surface area contributed by atoms with E-state index in [2.05, 4.69) is 11.8 Å². The van der Waals surface area contributed by atoms with Gasteiger partial charge in [0.25, 0.3) is 0 Å². The highest BCUT2D eigenvalue weighted by molar-refractivity contribution is 7.10. The van der Waals surface area contributed by atoms with Crippen LogP contribution >= 0.6 is 22.9 Å². The molecule has 0 fully saturated rings. The van der Waals surface area contributed by atoms with Crippen molar-refractivity contribution in [2.75, 3.05) is 6.54 Å². The third-order valence-corrected chi connectivity index (χ3v) is 3.65. The molecule has 4 heteroatoms. The van der Waals surface area contributed by atoms with Crippen LogP contribution in [-0.2, 0) is 6.61 Å². The van der Waals surface area contributed by atoms with Gasteiger partial charge in [-0.3, -0.25) is 0 Å². The fourth-order valence-electron chi connectivity index (χ4n) is 1.55. The first-order chi connectivity index (χ1) is 9.19. The molecule has 0 saturated heterocycles. The van der Waals surface area contributed by atoms with Crippen molar-refractivity contribution in [1.82, 2.24) is 0 Å². The normalized spacial score (nSPS) is 9.84. The maximum absolute atomic E-state index is 6.11. The van der Waals surface area contributed by atoms with Crippen LogP contribution in [0.3, 0.4) is 0 Å². The summed E-state index contributed by atoms with van der Waals surface area (Å²) in [6.45, 7) is 2.87. The second-order valence-corrected chi connectivity index (χ2v) is 5.43. The van der Waals surface area contributed by atoms with Gasteiger partial charge in [-0.25, -0.2) is 0 Å². The molecule has 0 bridgehead atoms. The van der Waals surface area contributed by atoms with Gasteiger partial charge in [-0.1, -0.05) is 29.5 Å². The van der Waals surface area contributed by atoms with Crippen molar-refractivity contribution in [3.63, 3.8) is 0 Å². The van der Waals surface area contributed by atoms with E-state index >= 15 is 0 Å². The van der Waals surface area contributed by atoms with Crippen LogP contribution in [0.1, 0.15) is 16.0 Å². The van der Waals surface area contributed by atoms with Crippen LogP contribution < -0.4 is 10.5 Å². The molecule has 98 valence electrons. The van der Waals surface area contributed by atoms with Crippen molar-refractivity contribution in [1.29, 1.82) is 0 Å². The second-order valence-electron chi connectivity index (χ2n) is 4.03. The van der Waals surface area contributed by atoms with Crippen molar-refractivity contribution >= 4 is 22.9 Å². The zero-order valence-corrected chi connectivity index (χ0v) is 12.1. The van der Waals surface area contributed by atoms with Gasteiger partial charge < -0.3 is 10.5 Å². The van der Waals surface area contributed by atoms with Gasteiger partial charge in [-0.2, -0.15) is 0 Å². The molecule has 19 heavy (non-hydrogen) atoms. The van der Waals surface area contributed by atoms with Gasteiger partial charge in [0, 0.05) is 15.8 Å². The van der Waals surface area contributed by atoms with E-state index in [9.17, 15) is 0 Å². The summed E-state index contributed by atoms with van der Waals surface area (Å²) in [5.41, 5.74) is 7.43. The average molecular weight is 292 g/mol. The van der Waals surface area contributed by atoms with E-state index in [-0.39, 0.29) is 0 Å². The summed E-state index contributed by atoms with van der Waals surface area (Å²) in [6.07, 6.45) is 0. The Bertz CT molecular complexity index is 625. The van der Waals surface area contributed by atoms with Gasteiger partial charge in [-0.15, -0.1) is 11.3 Å². The van der Waals surface area contributed by atoms with Crippen LogP contribution in [0.15, 0.2) is 29.6 Å². The number of thiophene rings is 1. The van der Waals surface area contributed by atoms with E-state index < -0.39 is 0 Å². The van der Waals surface area contributed by atoms with Gasteiger partial charge in [0.1, 0.15) is 12.4 Å². The fourth-order valence-corrected chi connectivity index (χ4v) is 2.56. The Morgan fingerprint density at radius 3 is 2.95 bits per heavy atom. The first kappa shape index (κ1) is 14.0. The Morgan fingerprint density at radius 1 is 1.37 bits per heavy atom.